The van der Waals surface area contributed by atoms with E-state index in [2.05, 4.69) is 22.1 Å². The van der Waals surface area contributed by atoms with Gasteiger partial charge in [-0.2, -0.15) is 4.98 Å². The molecule has 3 heterocycles. The van der Waals surface area contributed by atoms with E-state index in [1.165, 1.54) is 17.3 Å². The summed E-state index contributed by atoms with van der Waals surface area (Å²) >= 11 is 0. The first-order chi connectivity index (χ1) is 16.6. The normalized spacial score (nSPS) is 15.9. The van der Waals surface area contributed by atoms with E-state index in [0.717, 1.165) is 38.0 Å². The van der Waals surface area contributed by atoms with Gasteiger partial charge < -0.3 is 14.0 Å². The maximum absolute atomic E-state index is 13.2. The lowest BCUT2D eigenvalue weighted by Gasteiger charge is -2.36. The molecule has 0 radical (unpaired) electrons. The Labute approximate surface area is 197 Å². The second-order valence-corrected chi connectivity index (χ2v) is 8.46. The summed E-state index contributed by atoms with van der Waals surface area (Å²) < 4.78 is 12.5. The number of esters is 1. The largest absolute Gasteiger partial charge is 0.462 e. The molecular formula is C25H29N5O4. The van der Waals surface area contributed by atoms with Gasteiger partial charge in [-0.05, 0) is 56.4 Å². The fourth-order valence-corrected chi connectivity index (χ4v) is 4.75. The molecule has 1 saturated heterocycles. The molecule has 3 aromatic rings. The third-order valence-corrected chi connectivity index (χ3v) is 6.45. The smallest absolute Gasteiger partial charge is 0.343 e. The number of morpholine rings is 1. The molecule has 0 saturated carbocycles. The fourth-order valence-electron chi connectivity index (χ4n) is 4.75. The van der Waals surface area contributed by atoms with E-state index in [4.69, 9.17) is 14.5 Å². The number of rotatable bonds is 6. The van der Waals surface area contributed by atoms with Gasteiger partial charge in [0.2, 0.25) is 11.4 Å². The number of carbonyl (C=O) groups is 1. The van der Waals surface area contributed by atoms with Gasteiger partial charge in [-0.3, -0.25) is 9.80 Å². The molecule has 1 fully saturated rings. The molecule has 0 amide bonds. The van der Waals surface area contributed by atoms with Crippen molar-refractivity contribution in [1.82, 2.24) is 19.5 Å². The van der Waals surface area contributed by atoms with E-state index < -0.39 is 11.4 Å². The number of ether oxygens (including phenoxy) is 2. The van der Waals surface area contributed by atoms with Gasteiger partial charge in [0.25, 0.3) is 0 Å². The number of benzene rings is 1. The van der Waals surface area contributed by atoms with Gasteiger partial charge in [-0.1, -0.05) is 6.07 Å². The Bertz CT molecular complexity index is 1280. The second kappa shape index (κ2) is 9.52. The number of pyridine rings is 1. The van der Waals surface area contributed by atoms with E-state index in [-0.39, 0.29) is 17.6 Å². The van der Waals surface area contributed by atoms with Crippen molar-refractivity contribution in [2.45, 2.75) is 33.1 Å². The number of anilines is 1. The number of carbonyl (C=O) groups excluding carboxylic acids is 1. The van der Waals surface area contributed by atoms with E-state index in [9.17, 15) is 9.59 Å². The van der Waals surface area contributed by atoms with Crippen LogP contribution in [0.5, 0.6) is 0 Å². The summed E-state index contributed by atoms with van der Waals surface area (Å²) in [6.07, 6.45) is 6.31. The van der Waals surface area contributed by atoms with Crippen LogP contribution in [0.3, 0.4) is 0 Å². The van der Waals surface area contributed by atoms with E-state index >= 15 is 0 Å². The Morgan fingerprint density at radius 2 is 1.97 bits per heavy atom. The Kier molecular flexibility index (Phi) is 6.30. The third-order valence-electron chi connectivity index (χ3n) is 6.45. The van der Waals surface area contributed by atoms with Crippen LogP contribution in [-0.4, -0.2) is 65.0 Å². The lowest BCUT2D eigenvalue weighted by Crippen LogP contribution is -2.49. The van der Waals surface area contributed by atoms with Crippen LogP contribution in [-0.2, 0) is 22.3 Å². The SMILES string of the molecule is CCOC(=O)c1cn(-c2ccc3c(c2)CCC3)c2nc(N(CC)N3CCOCC3)ncc2c1=O. The van der Waals surface area contributed by atoms with Crippen molar-refractivity contribution in [2.24, 2.45) is 0 Å². The summed E-state index contributed by atoms with van der Waals surface area (Å²) in [6.45, 7) is 7.41. The van der Waals surface area contributed by atoms with Crippen molar-refractivity contribution in [3.8, 4) is 5.69 Å². The molecule has 9 heteroatoms. The van der Waals surface area contributed by atoms with Crippen LogP contribution in [0.15, 0.2) is 35.4 Å². The summed E-state index contributed by atoms with van der Waals surface area (Å²) in [6, 6.07) is 6.27. The first-order valence-electron chi connectivity index (χ1n) is 11.9. The summed E-state index contributed by atoms with van der Waals surface area (Å²) in [7, 11) is 0. The third kappa shape index (κ3) is 4.05. The number of hydrogen-bond donors (Lipinski definition) is 0. The van der Waals surface area contributed by atoms with Crippen LogP contribution < -0.4 is 10.4 Å². The number of aromatic nitrogens is 3. The van der Waals surface area contributed by atoms with Crippen molar-refractivity contribution in [1.29, 1.82) is 0 Å². The lowest BCUT2D eigenvalue weighted by atomic mass is 10.1. The average molecular weight is 464 g/mol. The van der Waals surface area contributed by atoms with Crippen LogP contribution in [0.4, 0.5) is 5.95 Å². The maximum Gasteiger partial charge on any atom is 0.343 e. The highest BCUT2D eigenvalue weighted by atomic mass is 16.5. The molecule has 178 valence electrons. The molecule has 0 bridgehead atoms. The average Bonchev–Trinajstić information content (AvgIpc) is 3.33. The van der Waals surface area contributed by atoms with Crippen molar-refractivity contribution in [3.63, 3.8) is 0 Å². The van der Waals surface area contributed by atoms with Gasteiger partial charge in [0.15, 0.2) is 5.65 Å². The summed E-state index contributed by atoms with van der Waals surface area (Å²) in [5, 5.41) is 4.46. The highest BCUT2D eigenvalue weighted by Crippen LogP contribution is 2.26. The molecule has 0 unspecified atom stereocenters. The highest BCUT2D eigenvalue weighted by Gasteiger charge is 2.23. The standard InChI is InChI=1S/C25H29N5O4/c1-3-30(28-10-12-33-13-11-28)25-26-15-20-22(31)21(24(32)34-4-2)16-29(23(20)27-25)19-9-8-17-6-5-7-18(17)14-19/h8-9,14-16H,3-7,10-13H2,1-2H3. The minimum absolute atomic E-state index is 0.0216. The number of hydrogen-bond acceptors (Lipinski definition) is 8. The van der Waals surface area contributed by atoms with Gasteiger partial charge >= 0.3 is 5.97 Å². The van der Waals surface area contributed by atoms with Crippen LogP contribution in [0.2, 0.25) is 0 Å². The predicted molar refractivity (Wildman–Crippen MR) is 129 cm³/mol. The van der Waals surface area contributed by atoms with Gasteiger partial charge in [0.1, 0.15) is 5.56 Å². The Hall–Kier alpha value is -3.30. The fraction of sp³-hybridized carbons (Fsp3) is 0.440. The zero-order chi connectivity index (χ0) is 23.7. The summed E-state index contributed by atoms with van der Waals surface area (Å²) in [5.74, 6) is -0.132. The van der Waals surface area contributed by atoms with Gasteiger partial charge in [0.05, 0.1) is 25.2 Å². The number of hydrazine groups is 1. The lowest BCUT2D eigenvalue weighted by molar-refractivity contribution is 0.0314. The maximum atomic E-state index is 13.2. The molecule has 5 rings (SSSR count). The van der Waals surface area contributed by atoms with Crippen LogP contribution in [0.25, 0.3) is 16.7 Å². The van der Waals surface area contributed by atoms with Crippen LogP contribution >= 0.6 is 0 Å². The molecule has 9 nitrogen and oxygen atoms in total. The molecule has 1 aromatic carbocycles. The van der Waals surface area contributed by atoms with Crippen molar-refractivity contribution < 1.29 is 14.3 Å². The van der Waals surface area contributed by atoms with Crippen molar-refractivity contribution >= 4 is 23.0 Å². The molecule has 0 atom stereocenters. The van der Waals surface area contributed by atoms with E-state index in [1.807, 2.05) is 22.6 Å². The monoisotopic (exact) mass is 463 g/mol. The highest BCUT2D eigenvalue weighted by molar-refractivity contribution is 5.93. The molecular weight excluding hydrogens is 434 g/mol. The Balaban J connectivity index is 1.69. The molecule has 2 aromatic heterocycles. The van der Waals surface area contributed by atoms with Gasteiger partial charge in [0, 0.05) is 37.7 Å². The Morgan fingerprint density at radius 3 is 2.74 bits per heavy atom. The first kappa shape index (κ1) is 22.5. The summed E-state index contributed by atoms with van der Waals surface area (Å²) in [5.41, 5.74) is 3.51. The molecule has 1 aliphatic carbocycles. The minimum atomic E-state index is -0.642. The zero-order valence-electron chi connectivity index (χ0n) is 19.6. The van der Waals surface area contributed by atoms with Crippen LogP contribution in [0, 0.1) is 0 Å². The number of aryl methyl sites for hydroxylation is 2. The minimum Gasteiger partial charge on any atom is -0.462 e. The summed E-state index contributed by atoms with van der Waals surface area (Å²) in [4.78, 5) is 35.2. The first-order valence-corrected chi connectivity index (χ1v) is 11.9. The van der Waals surface area contributed by atoms with Gasteiger partial charge in [-0.15, -0.1) is 0 Å². The molecule has 2 aliphatic rings. The predicted octanol–water partition coefficient (Wildman–Crippen LogP) is 2.52. The zero-order valence-corrected chi connectivity index (χ0v) is 19.6. The molecule has 1 aliphatic heterocycles. The topological polar surface area (TPSA) is 89.8 Å². The molecule has 0 N–H and O–H groups in total. The van der Waals surface area contributed by atoms with Crippen LogP contribution in [0.1, 0.15) is 41.8 Å². The van der Waals surface area contributed by atoms with E-state index in [1.54, 1.807) is 13.1 Å². The molecule has 0 spiro atoms. The Morgan fingerprint density at radius 1 is 1.18 bits per heavy atom. The quantitative estimate of drug-likeness (QED) is 0.515. The van der Waals surface area contributed by atoms with Crippen molar-refractivity contribution in [3.05, 3.63) is 57.5 Å². The molecule has 34 heavy (non-hydrogen) atoms. The second-order valence-electron chi connectivity index (χ2n) is 8.46. The number of fused-ring (bicyclic) bond motifs is 2. The van der Waals surface area contributed by atoms with E-state index in [0.29, 0.717) is 31.4 Å². The van der Waals surface area contributed by atoms with Gasteiger partial charge in [-0.25, -0.2) is 14.8 Å². The number of nitrogens with zero attached hydrogens (tertiary/aromatic N) is 5. The van der Waals surface area contributed by atoms with Crippen molar-refractivity contribution in [2.75, 3.05) is 44.5 Å².